The molecule has 31 heavy (non-hydrogen) atoms. The molecule has 1 atom stereocenters. The maximum atomic E-state index is 13.3. The van der Waals surface area contributed by atoms with E-state index in [-0.39, 0.29) is 11.4 Å². The molecule has 3 aromatic carbocycles. The smallest absolute Gasteiger partial charge is 0.231 e. The molecular formula is C29H31NO. The van der Waals surface area contributed by atoms with Crippen molar-refractivity contribution in [3.8, 4) is 0 Å². The molecule has 3 aromatic rings. The van der Waals surface area contributed by atoms with E-state index >= 15 is 0 Å². The average Bonchev–Trinajstić information content (AvgIpc) is 2.77. The van der Waals surface area contributed by atoms with Crippen LogP contribution in [-0.2, 0) is 4.79 Å². The molecular weight excluding hydrogens is 378 g/mol. The van der Waals surface area contributed by atoms with E-state index in [1.165, 1.54) is 5.56 Å². The lowest BCUT2D eigenvalue weighted by Gasteiger charge is -2.24. The van der Waals surface area contributed by atoms with Crippen LogP contribution in [0.2, 0.25) is 0 Å². The molecule has 0 fully saturated rings. The molecule has 0 aromatic heterocycles. The molecule has 2 nitrogen and oxygen atoms in total. The highest BCUT2D eigenvalue weighted by Crippen LogP contribution is 2.28. The van der Waals surface area contributed by atoms with Crippen LogP contribution in [0.5, 0.6) is 0 Å². The van der Waals surface area contributed by atoms with Crippen LogP contribution >= 0.6 is 0 Å². The van der Waals surface area contributed by atoms with Crippen molar-refractivity contribution in [1.29, 1.82) is 0 Å². The summed E-state index contributed by atoms with van der Waals surface area (Å²) < 4.78 is 0. The number of hydrogen-bond acceptors (Lipinski definition) is 1. The Kier molecular flexibility index (Phi) is 7.25. The van der Waals surface area contributed by atoms with E-state index in [1.54, 1.807) is 0 Å². The number of benzene rings is 3. The van der Waals surface area contributed by atoms with Crippen molar-refractivity contribution in [1.82, 2.24) is 5.32 Å². The number of carbonyl (C=O) groups is 1. The minimum atomic E-state index is -0.393. The standard InChI is InChI=1S/C29H31NO/c1-22(23-14-8-5-9-15-23)20-26(24-16-10-6-11-17-24)21-27(25-18-12-7-13-19-25)28(31)30-29(2,3)4/h5-21,27H,1-4H3,(H,30,31)/b22-20-,26-21+. The van der Waals surface area contributed by atoms with Crippen LogP contribution < -0.4 is 5.32 Å². The summed E-state index contributed by atoms with van der Waals surface area (Å²) in [6, 6.07) is 30.5. The van der Waals surface area contributed by atoms with Crippen molar-refractivity contribution in [2.75, 3.05) is 0 Å². The third-order valence-corrected chi connectivity index (χ3v) is 4.99. The summed E-state index contributed by atoms with van der Waals surface area (Å²) in [5.41, 5.74) is 5.10. The molecule has 1 unspecified atom stereocenters. The van der Waals surface area contributed by atoms with Gasteiger partial charge in [0.1, 0.15) is 0 Å². The zero-order chi connectivity index (χ0) is 22.3. The van der Waals surface area contributed by atoms with Gasteiger partial charge >= 0.3 is 0 Å². The van der Waals surface area contributed by atoms with E-state index in [9.17, 15) is 4.79 Å². The third-order valence-electron chi connectivity index (χ3n) is 4.99. The molecule has 0 saturated heterocycles. The second-order valence-corrected chi connectivity index (χ2v) is 8.81. The summed E-state index contributed by atoms with van der Waals surface area (Å²) in [7, 11) is 0. The summed E-state index contributed by atoms with van der Waals surface area (Å²) in [4.78, 5) is 13.3. The van der Waals surface area contributed by atoms with Crippen molar-refractivity contribution in [3.63, 3.8) is 0 Å². The Labute approximate surface area is 186 Å². The first-order valence-corrected chi connectivity index (χ1v) is 10.7. The molecule has 0 aliphatic rings. The van der Waals surface area contributed by atoms with E-state index in [1.807, 2.05) is 87.5 Å². The summed E-state index contributed by atoms with van der Waals surface area (Å²) in [6.45, 7) is 8.13. The Balaban J connectivity index is 2.11. The Morgan fingerprint density at radius 1 is 0.774 bits per heavy atom. The Morgan fingerprint density at radius 2 is 1.26 bits per heavy atom. The summed E-state index contributed by atoms with van der Waals surface area (Å²) in [6.07, 6.45) is 4.25. The molecule has 0 heterocycles. The quantitative estimate of drug-likeness (QED) is 0.442. The van der Waals surface area contributed by atoms with Crippen LogP contribution in [0.25, 0.3) is 11.1 Å². The second kappa shape index (κ2) is 10.1. The van der Waals surface area contributed by atoms with Gasteiger partial charge in [-0.2, -0.15) is 0 Å². The van der Waals surface area contributed by atoms with Crippen molar-refractivity contribution in [2.24, 2.45) is 0 Å². The minimum absolute atomic E-state index is 0.00195. The number of carbonyl (C=O) groups excluding carboxylic acids is 1. The van der Waals surface area contributed by atoms with Gasteiger partial charge in [-0.15, -0.1) is 0 Å². The Hall–Kier alpha value is -3.39. The minimum Gasteiger partial charge on any atom is -0.351 e. The zero-order valence-electron chi connectivity index (χ0n) is 18.8. The first-order valence-electron chi connectivity index (χ1n) is 10.7. The third kappa shape index (κ3) is 6.55. The molecule has 0 aliphatic carbocycles. The predicted molar refractivity (Wildman–Crippen MR) is 132 cm³/mol. The monoisotopic (exact) mass is 409 g/mol. The highest BCUT2D eigenvalue weighted by Gasteiger charge is 2.23. The van der Waals surface area contributed by atoms with Gasteiger partial charge in [0.2, 0.25) is 5.91 Å². The van der Waals surface area contributed by atoms with Crippen LogP contribution in [-0.4, -0.2) is 11.4 Å². The summed E-state index contributed by atoms with van der Waals surface area (Å²) in [5.74, 6) is -0.395. The first kappa shape index (κ1) is 22.3. The van der Waals surface area contributed by atoms with E-state index in [0.717, 1.165) is 22.3 Å². The van der Waals surface area contributed by atoms with E-state index in [2.05, 4.69) is 48.7 Å². The molecule has 0 saturated carbocycles. The molecule has 1 N–H and O–H groups in total. The van der Waals surface area contributed by atoms with E-state index in [4.69, 9.17) is 0 Å². The fourth-order valence-corrected chi connectivity index (χ4v) is 3.49. The second-order valence-electron chi connectivity index (χ2n) is 8.81. The number of allylic oxidation sites excluding steroid dienone is 3. The van der Waals surface area contributed by atoms with Crippen LogP contribution in [0, 0.1) is 0 Å². The van der Waals surface area contributed by atoms with Gasteiger partial charge in [0.25, 0.3) is 0 Å². The van der Waals surface area contributed by atoms with E-state index in [0.29, 0.717) is 0 Å². The summed E-state index contributed by atoms with van der Waals surface area (Å²) >= 11 is 0. The highest BCUT2D eigenvalue weighted by molar-refractivity contribution is 5.91. The molecule has 1 amide bonds. The molecule has 0 aliphatic heterocycles. The molecule has 0 radical (unpaired) electrons. The van der Waals surface area contributed by atoms with Gasteiger partial charge in [-0.25, -0.2) is 0 Å². The number of nitrogens with one attached hydrogen (secondary N) is 1. The van der Waals surface area contributed by atoms with Gasteiger partial charge in [-0.1, -0.05) is 103 Å². The van der Waals surface area contributed by atoms with Gasteiger partial charge in [-0.05, 0) is 55.5 Å². The number of rotatable bonds is 6. The number of amides is 1. The zero-order valence-corrected chi connectivity index (χ0v) is 18.8. The fourth-order valence-electron chi connectivity index (χ4n) is 3.49. The first-order chi connectivity index (χ1) is 14.8. The maximum Gasteiger partial charge on any atom is 0.231 e. The van der Waals surface area contributed by atoms with Crippen molar-refractivity contribution >= 4 is 17.1 Å². The van der Waals surface area contributed by atoms with Gasteiger partial charge in [0.05, 0.1) is 5.92 Å². The lowest BCUT2D eigenvalue weighted by molar-refractivity contribution is -0.122. The van der Waals surface area contributed by atoms with Crippen molar-refractivity contribution in [3.05, 3.63) is 120 Å². The Bertz CT molecular complexity index is 1040. The van der Waals surface area contributed by atoms with Gasteiger partial charge in [0, 0.05) is 5.54 Å². The van der Waals surface area contributed by atoms with Gasteiger partial charge < -0.3 is 5.32 Å². The largest absolute Gasteiger partial charge is 0.351 e. The lowest BCUT2D eigenvalue weighted by atomic mass is 9.91. The topological polar surface area (TPSA) is 29.1 Å². The van der Waals surface area contributed by atoms with Crippen LogP contribution in [0.4, 0.5) is 0 Å². The van der Waals surface area contributed by atoms with Crippen molar-refractivity contribution in [2.45, 2.75) is 39.2 Å². The van der Waals surface area contributed by atoms with Crippen LogP contribution in [0.3, 0.4) is 0 Å². The van der Waals surface area contributed by atoms with Crippen LogP contribution in [0.1, 0.15) is 50.3 Å². The highest BCUT2D eigenvalue weighted by atomic mass is 16.2. The molecule has 3 rings (SSSR count). The Morgan fingerprint density at radius 3 is 1.77 bits per heavy atom. The van der Waals surface area contributed by atoms with Crippen LogP contribution in [0.15, 0.2) is 103 Å². The molecule has 2 heteroatoms. The normalized spacial score (nSPS) is 13.5. The average molecular weight is 410 g/mol. The maximum absolute atomic E-state index is 13.3. The number of hydrogen-bond donors (Lipinski definition) is 1. The molecule has 0 spiro atoms. The fraction of sp³-hybridized carbons (Fsp3) is 0.207. The van der Waals surface area contributed by atoms with Crippen molar-refractivity contribution < 1.29 is 4.79 Å². The molecule has 0 bridgehead atoms. The van der Waals surface area contributed by atoms with E-state index < -0.39 is 5.92 Å². The molecule has 158 valence electrons. The van der Waals surface area contributed by atoms with Gasteiger partial charge in [-0.3, -0.25) is 4.79 Å². The van der Waals surface area contributed by atoms with Gasteiger partial charge in [0.15, 0.2) is 0 Å². The SMILES string of the molecule is C/C(=C/C(=C\C(C(=O)NC(C)(C)C)c1ccccc1)c1ccccc1)c1ccccc1. The predicted octanol–water partition coefficient (Wildman–Crippen LogP) is 6.87. The summed E-state index contributed by atoms with van der Waals surface area (Å²) in [5, 5.41) is 3.16. The lowest BCUT2D eigenvalue weighted by Crippen LogP contribution is -2.42.